The summed E-state index contributed by atoms with van der Waals surface area (Å²) in [5.41, 5.74) is 1.83. The highest BCUT2D eigenvalue weighted by molar-refractivity contribution is 7.90. The molecular weight excluding hydrogens is 383 g/mol. The van der Waals surface area contributed by atoms with Gasteiger partial charge in [-0.05, 0) is 47.0 Å². The van der Waals surface area contributed by atoms with E-state index >= 15 is 0 Å². The average molecular weight is 400 g/mol. The lowest BCUT2D eigenvalue weighted by Gasteiger charge is -2.18. The van der Waals surface area contributed by atoms with Crippen LogP contribution in [0, 0.1) is 5.82 Å². The van der Waals surface area contributed by atoms with E-state index in [1.165, 1.54) is 24.3 Å². The summed E-state index contributed by atoms with van der Waals surface area (Å²) in [5, 5.41) is 10.9. The zero-order valence-electron chi connectivity index (χ0n) is 14.9. The number of halogens is 1. The van der Waals surface area contributed by atoms with E-state index in [1.807, 2.05) is 0 Å². The van der Waals surface area contributed by atoms with Gasteiger partial charge in [0.25, 0.3) is 0 Å². The lowest BCUT2D eigenvalue weighted by atomic mass is 9.92. The van der Waals surface area contributed by atoms with Crippen LogP contribution in [0.3, 0.4) is 0 Å². The average Bonchev–Trinajstić information content (AvgIpc) is 3.14. The Balaban J connectivity index is 1.86. The zero-order chi connectivity index (χ0) is 19.9. The van der Waals surface area contributed by atoms with Crippen LogP contribution in [0.15, 0.2) is 65.6 Å². The van der Waals surface area contributed by atoms with E-state index in [4.69, 9.17) is 9.47 Å². The first kappa shape index (κ1) is 18.5. The Bertz CT molecular complexity index is 1140. The maximum atomic E-state index is 14.2. The van der Waals surface area contributed by atoms with Crippen LogP contribution in [-0.4, -0.2) is 26.6 Å². The molecule has 0 saturated heterocycles. The number of hydrogen-bond acceptors (Lipinski definition) is 5. The molecule has 3 aromatic carbocycles. The molecule has 0 bridgehead atoms. The third kappa shape index (κ3) is 3.34. The second-order valence-corrected chi connectivity index (χ2v) is 8.53. The molecule has 1 aliphatic rings. The standard InChI is InChI=1S/C21H17FO5S/c1-28(24,25)14-8-6-13(7-9-14)16-10-19-20(27-12-26-19)11-17(16)21(23)15-4-2-3-5-18(15)22/h2-11,21,23H,12H2,1H3. The number of aliphatic hydroxyl groups is 1. The van der Waals surface area contributed by atoms with Gasteiger partial charge in [0.05, 0.1) is 4.90 Å². The van der Waals surface area contributed by atoms with Gasteiger partial charge in [0.2, 0.25) is 6.79 Å². The molecule has 1 heterocycles. The van der Waals surface area contributed by atoms with Gasteiger partial charge in [-0.25, -0.2) is 12.8 Å². The SMILES string of the molecule is CS(=O)(=O)c1ccc(-c2cc3c(cc2C(O)c2ccccc2F)OCO3)cc1. The van der Waals surface area contributed by atoms with Gasteiger partial charge >= 0.3 is 0 Å². The van der Waals surface area contributed by atoms with Crippen LogP contribution >= 0.6 is 0 Å². The predicted octanol–water partition coefficient (Wildman–Crippen LogP) is 3.71. The summed E-state index contributed by atoms with van der Waals surface area (Å²) in [7, 11) is -3.33. The Labute approximate surface area is 161 Å². The second kappa shape index (κ2) is 6.92. The first-order chi connectivity index (χ1) is 13.3. The normalized spacial score (nSPS) is 14.1. The smallest absolute Gasteiger partial charge is 0.231 e. The van der Waals surface area contributed by atoms with Crippen LogP contribution in [0.25, 0.3) is 11.1 Å². The third-order valence-electron chi connectivity index (χ3n) is 4.63. The van der Waals surface area contributed by atoms with Crippen LogP contribution in [-0.2, 0) is 9.84 Å². The van der Waals surface area contributed by atoms with Crippen molar-refractivity contribution in [3.63, 3.8) is 0 Å². The summed E-state index contributed by atoms with van der Waals surface area (Å²) >= 11 is 0. The number of rotatable bonds is 4. The Kier molecular flexibility index (Phi) is 4.56. The van der Waals surface area contributed by atoms with Gasteiger partial charge in [-0.1, -0.05) is 30.3 Å². The topological polar surface area (TPSA) is 72.8 Å². The van der Waals surface area contributed by atoms with Gasteiger partial charge in [-0.3, -0.25) is 0 Å². The van der Waals surface area contributed by atoms with Crippen LogP contribution < -0.4 is 9.47 Å². The van der Waals surface area contributed by atoms with Crippen molar-refractivity contribution < 1.29 is 27.4 Å². The molecule has 144 valence electrons. The summed E-state index contributed by atoms with van der Waals surface area (Å²) in [4.78, 5) is 0.188. The van der Waals surface area contributed by atoms with Crippen LogP contribution in [0.1, 0.15) is 17.2 Å². The Morgan fingerprint density at radius 2 is 1.61 bits per heavy atom. The fraction of sp³-hybridized carbons (Fsp3) is 0.143. The number of hydrogen-bond donors (Lipinski definition) is 1. The molecule has 0 aliphatic carbocycles. The molecule has 28 heavy (non-hydrogen) atoms. The molecule has 0 aromatic heterocycles. The van der Waals surface area contributed by atoms with Crippen molar-refractivity contribution in [2.45, 2.75) is 11.0 Å². The number of sulfone groups is 1. The van der Waals surface area contributed by atoms with Crippen molar-refractivity contribution in [2.24, 2.45) is 0 Å². The van der Waals surface area contributed by atoms with E-state index in [0.717, 1.165) is 6.26 Å². The first-order valence-electron chi connectivity index (χ1n) is 8.51. The number of aliphatic hydroxyl groups excluding tert-OH is 1. The molecule has 3 aromatic rings. The summed E-state index contributed by atoms with van der Waals surface area (Å²) < 4.78 is 48.5. The van der Waals surface area contributed by atoms with E-state index in [9.17, 15) is 17.9 Å². The number of benzene rings is 3. The molecule has 0 amide bonds. The highest BCUT2D eigenvalue weighted by Crippen LogP contribution is 2.42. The quantitative estimate of drug-likeness (QED) is 0.723. The van der Waals surface area contributed by atoms with Gasteiger partial charge in [-0.15, -0.1) is 0 Å². The highest BCUT2D eigenvalue weighted by Gasteiger charge is 2.24. The van der Waals surface area contributed by atoms with Crippen molar-refractivity contribution in [1.82, 2.24) is 0 Å². The minimum atomic E-state index is -3.33. The predicted molar refractivity (Wildman–Crippen MR) is 102 cm³/mol. The molecular formula is C21H17FO5S. The van der Waals surface area contributed by atoms with Gasteiger partial charge in [0.15, 0.2) is 21.3 Å². The minimum absolute atomic E-state index is 0.0566. The largest absolute Gasteiger partial charge is 0.454 e. The number of ether oxygens (including phenoxy) is 2. The van der Waals surface area contributed by atoms with Crippen LogP contribution in [0.2, 0.25) is 0 Å². The second-order valence-electron chi connectivity index (χ2n) is 6.51. The first-order valence-corrected chi connectivity index (χ1v) is 10.4. The van der Waals surface area contributed by atoms with E-state index < -0.39 is 21.8 Å². The van der Waals surface area contributed by atoms with Crippen molar-refractivity contribution in [1.29, 1.82) is 0 Å². The summed E-state index contributed by atoms with van der Waals surface area (Å²) in [6.45, 7) is 0.0566. The Hall–Kier alpha value is -2.90. The fourth-order valence-electron chi connectivity index (χ4n) is 3.18. The molecule has 0 spiro atoms. The molecule has 1 atom stereocenters. The van der Waals surface area contributed by atoms with Crippen molar-refractivity contribution in [3.8, 4) is 22.6 Å². The van der Waals surface area contributed by atoms with E-state index in [1.54, 1.807) is 36.4 Å². The minimum Gasteiger partial charge on any atom is -0.454 e. The van der Waals surface area contributed by atoms with Gasteiger partial charge in [-0.2, -0.15) is 0 Å². The summed E-state index contributed by atoms with van der Waals surface area (Å²) in [5.74, 6) is 0.444. The fourth-order valence-corrected chi connectivity index (χ4v) is 3.81. The molecule has 1 aliphatic heterocycles. The monoisotopic (exact) mass is 400 g/mol. The molecule has 0 saturated carbocycles. The molecule has 0 radical (unpaired) electrons. The van der Waals surface area contributed by atoms with Crippen molar-refractivity contribution in [2.75, 3.05) is 13.0 Å². The summed E-state index contributed by atoms with van der Waals surface area (Å²) in [6, 6.07) is 15.6. The van der Waals surface area contributed by atoms with Gasteiger partial charge in [0, 0.05) is 11.8 Å². The maximum absolute atomic E-state index is 14.2. The van der Waals surface area contributed by atoms with Crippen molar-refractivity contribution in [3.05, 3.63) is 77.6 Å². The van der Waals surface area contributed by atoms with Crippen LogP contribution in [0.4, 0.5) is 4.39 Å². The van der Waals surface area contributed by atoms with E-state index in [-0.39, 0.29) is 17.3 Å². The lowest BCUT2D eigenvalue weighted by molar-refractivity contribution is 0.173. The highest BCUT2D eigenvalue weighted by atomic mass is 32.2. The molecule has 0 fully saturated rings. The molecule has 1 N–H and O–H groups in total. The Morgan fingerprint density at radius 3 is 2.25 bits per heavy atom. The van der Waals surface area contributed by atoms with E-state index in [0.29, 0.717) is 28.2 Å². The molecule has 1 unspecified atom stereocenters. The molecule has 4 rings (SSSR count). The van der Waals surface area contributed by atoms with Crippen LogP contribution in [0.5, 0.6) is 11.5 Å². The zero-order valence-corrected chi connectivity index (χ0v) is 15.7. The summed E-state index contributed by atoms with van der Waals surface area (Å²) in [6.07, 6.45) is -0.101. The van der Waals surface area contributed by atoms with Gasteiger partial charge in [0.1, 0.15) is 11.9 Å². The lowest BCUT2D eigenvalue weighted by Crippen LogP contribution is -2.05. The van der Waals surface area contributed by atoms with Gasteiger partial charge < -0.3 is 14.6 Å². The molecule has 7 heteroatoms. The van der Waals surface area contributed by atoms with E-state index in [2.05, 4.69) is 0 Å². The number of fused-ring (bicyclic) bond motifs is 1. The Morgan fingerprint density at radius 1 is 0.964 bits per heavy atom. The maximum Gasteiger partial charge on any atom is 0.231 e. The van der Waals surface area contributed by atoms with Crippen molar-refractivity contribution >= 4 is 9.84 Å². The molecule has 5 nitrogen and oxygen atoms in total. The third-order valence-corrected chi connectivity index (χ3v) is 5.76.